The number of anilines is 1. The molecule has 146 valence electrons. The van der Waals surface area contributed by atoms with Gasteiger partial charge in [-0.15, -0.1) is 0 Å². The van der Waals surface area contributed by atoms with E-state index in [2.05, 4.69) is 4.72 Å². The molecule has 0 aliphatic rings. The number of fused-ring (bicyclic) bond motifs is 1. The van der Waals surface area contributed by atoms with Crippen LogP contribution in [0.5, 0.6) is 0 Å². The summed E-state index contributed by atoms with van der Waals surface area (Å²) in [6.45, 7) is -0.0437. The molecule has 0 bridgehead atoms. The highest BCUT2D eigenvalue weighted by Gasteiger charge is 2.14. The maximum atomic E-state index is 12.8. The lowest BCUT2D eigenvalue weighted by Crippen LogP contribution is -2.39. The molecule has 0 amide bonds. The SMILES string of the molecule is Cn1c(=O)n(Cc2ccc(NS(C)(=O)=O)cc2)c(=O)c2cc(C(=O)O)ccc21. The van der Waals surface area contributed by atoms with Gasteiger partial charge in [-0.1, -0.05) is 12.1 Å². The van der Waals surface area contributed by atoms with Crippen LogP contribution in [0, 0.1) is 0 Å². The summed E-state index contributed by atoms with van der Waals surface area (Å²) in [6, 6.07) is 10.2. The van der Waals surface area contributed by atoms with Gasteiger partial charge in [0, 0.05) is 12.7 Å². The molecule has 0 aliphatic carbocycles. The molecule has 0 aliphatic heterocycles. The predicted molar refractivity (Wildman–Crippen MR) is 104 cm³/mol. The van der Waals surface area contributed by atoms with Crippen LogP contribution in [0.4, 0.5) is 5.69 Å². The van der Waals surface area contributed by atoms with Crippen molar-refractivity contribution in [2.45, 2.75) is 6.54 Å². The van der Waals surface area contributed by atoms with E-state index >= 15 is 0 Å². The fourth-order valence-corrected chi connectivity index (χ4v) is 3.43. The van der Waals surface area contributed by atoms with Crippen molar-refractivity contribution >= 4 is 32.6 Å². The topological polar surface area (TPSA) is 127 Å². The van der Waals surface area contributed by atoms with E-state index in [1.165, 1.54) is 41.9 Å². The first kappa shape index (κ1) is 19.4. The fourth-order valence-electron chi connectivity index (χ4n) is 2.86. The van der Waals surface area contributed by atoms with Gasteiger partial charge in [-0.2, -0.15) is 0 Å². The minimum absolute atomic E-state index is 0.0437. The molecule has 0 radical (unpaired) electrons. The molecule has 0 spiro atoms. The van der Waals surface area contributed by atoms with Gasteiger partial charge in [0.2, 0.25) is 10.0 Å². The molecule has 3 aromatic rings. The summed E-state index contributed by atoms with van der Waals surface area (Å²) in [5.74, 6) is -1.17. The van der Waals surface area contributed by atoms with E-state index in [0.717, 1.165) is 10.8 Å². The molecule has 0 fully saturated rings. The highest BCUT2D eigenvalue weighted by atomic mass is 32.2. The lowest BCUT2D eigenvalue weighted by molar-refractivity contribution is 0.0697. The van der Waals surface area contributed by atoms with Crippen LogP contribution in [0.2, 0.25) is 0 Å². The standard InChI is InChI=1S/C18H17N3O6S/c1-20-15-8-5-12(17(23)24)9-14(15)16(22)21(18(20)25)10-11-3-6-13(7-4-11)19-28(2,26)27/h3-9,19H,10H2,1-2H3,(H,23,24). The third-order valence-corrected chi connectivity index (χ3v) is 4.80. The molecular formula is C18H17N3O6S. The van der Waals surface area contributed by atoms with E-state index < -0.39 is 27.2 Å². The zero-order valence-electron chi connectivity index (χ0n) is 15.0. The van der Waals surface area contributed by atoms with Gasteiger partial charge in [-0.3, -0.25) is 18.7 Å². The summed E-state index contributed by atoms with van der Waals surface area (Å²) in [5, 5.41) is 9.27. The number of carboxylic acids is 1. The van der Waals surface area contributed by atoms with Gasteiger partial charge >= 0.3 is 11.7 Å². The maximum Gasteiger partial charge on any atom is 0.335 e. The molecule has 0 atom stereocenters. The van der Waals surface area contributed by atoms with Crippen LogP contribution in [-0.2, 0) is 23.6 Å². The number of benzene rings is 2. The van der Waals surface area contributed by atoms with E-state index in [1.807, 2.05) is 0 Å². The Morgan fingerprint density at radius 1 is 1.11 bits per heavy atom. The van der Waals surface area contributed by atoms with Crippen molar-refractivity contribution in [2.24, 2.45) is 7.05 Å². The summed E-state index contributed by atoms with van der Waals surface area (Å²) < 4.78 is 27.1. The van der Waals surface area contributed by atoms with Crippen LogP contribution >= 0.6 is 0 Å². The second kappa shape index (κ2) is 6.97. The first-order valence-corrected chi connectivity index (χ1v) is 9.99. The van der Waals surface area contributed by atoms with Gasteiger partial charge in [0.15, 0.2) is 0 Å². The number of aromatic carboxylic acids is 1. The van der Waals surface area contributed by atoms with Crippen LogP contribution < -0.4 is 16.0 Å². The number of aryl methyl sites for hydroxylation is 1. The zero-order chi connectivity index (χ0) is 20.6. The molecule has 1 heterocycles. The summed E-state index contributed by atoms with van der Waals surface area (Å²) in [5.41, 5.74) is 0.108. The second-order valence-corrected chi connectivity index (χ2v) is 8.09. The van der Waals surface area contributed by atoms with Gasteiger partial charge in [-0.25, -0.2) is 18.0 Å². The first-order valence-electron chi connectivity index (χ1n) is 8.10. The van der Waals surface area contributed by atoms with Crippen LogP contribution in [0.25, 0.3) is 10.9 Å². The van der Waals surface area contributed by atoms with Crippen LogP contribution in [0.3, 0.4) is 0 Å². The predicted octanol–water partition coefficient (Wildman–Crippen LogP) is 0.818. The van der Waals surface area contributed by atoms with Crippen LogP contribution in [0.15, 0.2) is 52.1 Å². The molecule has 0 saturated carbocycles. The Labute approximate surface area is 159 Å². The van der Waals surface area contributed by atoms with Crippen LogP contribution in [-0.4, -0.2) is 34.9 Å². The van der Waals surface area contributed by atoms with Gasteiger partial charge in [0.1, 0.15) is 0 Å². The summed E-state index contributed by atoms with van der Waals surface area (Å²) in [7, 11) is -1.91. The Kier molecular flexibility index (Phi) is 4.82. The molecule has 0 unspecified atom stereocenters. The third-order valence-electron chi connectivity index (χ3n) is 4.20. The molecule has 10 heteroatoms. The molecule has 3 rings (SSSR count). The molecule has 2 aromatic carbocycles. The molecule has 1 aromatic heterocycles. The Bertz CT molecular complexity index is 1300. The van der Waals surface area contributed by atoms with Crippen molar-refractivity contribution in [1.29, 1.82) is 0 Å². The minimum Gasteiger partial charge on any atom is -0.478 e. The van der Waals surface area contributed by atoms with E-state index in [4.69, 9.17) is 5.11 Å². The van der Waals surface area contributed by atoms with Gasteiger partial charge in [0.25, 0.3) is 5.56 Å². The Balaban J connectivity index is 2.07. The van der Waals surface area contributed by atoms with Crippen molar-refractivity contribution < 1.29 is 18.3 Å². The highest BCUT2D eigenvalue weighted by molar-refractivity contribution is 7.92. The quantitative estimate of drug-likeness (QED) is 0.649. The lowest BCUT2D eigenvalue weighted by Gasteiger charge is -2.12. The van der Waals surface area contributed by atoms with Crippen molar-refractivity contribution in [3.05, 3.63) is 74.4 Å². The molecule has 9 nitrogen and oxygen atoms in total. The molecule has 0 saturated heterocycles. The average Bonchev–Trinajstić information content (AvgIpc) is 2.63. The molecule has 2 N–H and O–H groups in total. The van der Waals surface area contributed by atoms with E-state index in [0.29, 0.717) is 16.8 Å². The number of sulfonamides is 1. The lowest BCUT2D eigenvalue weighted by atomic mass is 10.1. The Morgan fingerprint density at radius 2 is 1.75 bits per heavy atom. The number of rotatable bonds is 5. The number of hydrogen-bond donors (Lipinski definition) is 2. The number of aromatic nitrogens is 2. The molecular weight excluding hydrogens is 386 g/mol. The first-order chi connectivity index (χ1) is 13.1. The monoisotopic (exact) mass is 403 g/mol. The van der Waals surface area contributed by atoms with Crippen molar-refractivity contribution in [3.63, 3.8) is 0 Å². The number of nitrogens with one attached hydrogen (secondary N) is 1. The Hall–Kier alpha value is -3.40. The smallest absolute Gasteiger partial charge is 0.335 e. The fraction of sp³-hybridized carbons (Fsp3) is 0.167. The number of hydrogen-bond acceptors (Lipinski definition) is 5. The summed E-state index contributed by atoms with van der Waals surface area (Å²) in [4.78, 5) is 36.6. The largest absolute Gasteiger partial charge is 0.478 e. The molecule has 28 heavy (non-hydrogen) atoms. The van der Waals surface area contributed by atoms with Crippen LogP contribution in [0.1, 0.15) is 15.9 Å². The van der Waals surface area contributed by atoms with Crippen molar-refractivity contribution in [1.82, 2.24) is 9.13 Å². The van der Waals surface area contributed by atoms with Gasteiger partial charge in [-0.05, 0) is 35.9 Å². The summed E-state index contributed by atoms with van der Waals surface area (Å²) in [6.07, 6.45) is 1.03. The summed E-state index contributed by atoms with van der Waals surface area (Å²) >= 11 is 0. The minimum atomic E-state index is -3.41. The highest BCUT2D eigenvalue weighted by Crippen LogP contribution is 2.13. The average molecular weight is 403 g/mol. The van der Waals surface area contributed by atoms with Gasteiger partial charge in [0.05, 0.1) is 29.3 Å². The zero-order valence-corrected chi connectivity index (χ0v) is 15.9. The van der Waals surface area contributed by atoms with E-state index in [-0.39, 0.29) is 17.5 Å². The number of nitrogens with zero attached hydrogens (tertiary/aromatic N) is 2. The maximum absolute atomic E-state index is 12.8. The normalized spacial score (nSPS) is 11.5. The van der Waals surface area contributed by atoms with E-state index in [9.17, 15) is 22.8 Å². The van der Waals surface area contributed by atoms with E-state index in [1.54, 1.807) is 12.1 Å². The second-order valence-electron chi connectivity index (χ2n) is 6.34. The van der Waals surface area contributed by atoms with Gasteiger partial charge < -0.3 is 5.11 Å². The number of carboxylic acid groups (broad SMARTS) is 1. The Morgan fingerprint density at radius 3 is 2.32 bits per heavy atom. The third kappa shape index (κ3) is 3.81. The van der Waals surface area contributed by atoms with Crippen molar-refractivity contribution in [3.8, 4) is 0 Å². The van der Waals surface area contributed by atoms with Crippen molar-refractivity contribution in [2.75, 3.05) is 11.0 Å². The number of carbonyl (C=O) groups is 1.